The molecule has 0 aliphatic carbocycles. The molecule has 1 N–H and O–H groups in total. The molecule has 1 amide bonds. The number of aromatic nitrogens is 1. The summed E-state index contributed by atoms with van der Waals surface area (Å²) in [7, 11) is 2.06. The van der Waals surface area contributed by atoms with Crippen LogP contribution in [-0.2, 0) is 13.0 Å². The third kappa shape index (κ3) is 2.72. The van der Waals surface area contributed by atoms with E-state index >= 15 is 0 Å². The van der Waals surface area contributed by atoms with Crippen molar-refractivity contribution in [3.05, 3.63) is 56.9 Å². The Kier molecular flexibility index (Phi) is 3.66. The van der Waals surface area contributed by atoms with E-state index in [1.54, 1.807) is 24.3 Å². The second kappa shape index (κ2) is 5.85. The van der Waals surface area contributed by atoms with Gasteiger partial charge in [0.25, 0.3) is 5.91 Å². The molecule has 122 valence electrons. The normalized spacial score (nSPS) is 14.5. The Labute approximate surface area is 141 Å². The van der Waals surface area contributed by atoms with Crippen LogP contribution in [0.2, 0.25) is 0 Å². The van der Waals surface area contributed by atoms with Gasteiger partial charge in [0.05, 0.1) is 5.69 Å². The zero-order chi connectivity index (χ0) is 16.7. The first-order chi connectivity index (χ1) is 11.6. The van der Waals surface area contributed by atoms with Crippen molar-refractivity contribution < 1.29 is 9.21 Å². The number of anilines is 1. The van der Waals surface area contributed by atoms with Crippen LogP contribution < -0.4 is 10.9 Å². The molecule has 1 aliphatic rings. The van der Waals surface area contributed by atoms with Crippen LogP contribution in [0.5, 0.6) is 0 Å². The summed E-state index contributed by atoms with van der Waals surface area (Å²) >= 11 is 1.45. The molecule has 0 saturated carbocycles. The summed E-state index contributed by atoms with van der Waals surface area (Å²) in [6.07, 6.45) is 0.871. The number of rotatable bonds is 2. The fourth-order valence-corrected chi connectivity index (χ4v) is 3.84. The fraction of sp³-hybridized carbons (Fsp3) is 0.235. The maximum absolute atomic E-state index is 12.4. The first-order valence-corrected chi connectivity index (χ1v) is 8.43. The molecule has 1 aromatic carbocycles. The van der Waals surface area contributed by atoms with Crippen LogP contribution in [0.3, 0.4) is 0 Å². The molecule has 1 aliphatic heterocycles. The topological polar surface area (TPSA) is 75.4 Å². The minimum atomic E-state index is -0.646. The molecule has 0 radical (unpaired) electrons. The molecule has 7 heteroatoms. The number of nitrogens with zero attached hydrogens (tertiary/aromatic N) is 2. The van der Waals surface area contributed by atoms with Crippen LogP contribution in [-0.4, -0.2) is 29.4 Å². The summed E-state index contributed by atoms with van der Waals surface area (Å²) < 4.78 is 5.21. The molecule has 0 atom stereocenters. The van der Waals surface area contributed by atoms with Crippen LogP contribution in [0, 0.1) is 0 Å². The van der Waals surface area contributed by atoms with Gasteiger partial charge in [-0.1, -0.05) is 18.2 Å². The number of benzene rings is 1. The smallest absolute Gasteiger partial charge is 0.349 e. The Balaban J connectivity index is 1.63. The Hall–Kier alpha value is -2.51. The van der Waals surface area contributed by atoms with Gasteiger partial charge in [0.15, 0.2) is 5.13 Å². The average molecular weight is 341 g/mol. The highest BCUT2D eigenvalue weighted by Gasteiger charge is 2.20. The Morgan fingerprint density at radius 1 is 1.38 bits per heavy atom. The van der Waals surface area contributed by atoms with Gasteiger partial charge in [-0.15, -0.1) is 11.3 Å². The molecule has 2 aromatic heterocycles. The van der Waals surface area contributed by atoms with Crippen LogP contribution in [0.25, 0.3) is 11.0 Å². The van der Waals surface area contributed by atoms with Crippen molar-refractivity contribution in [1.29, 1.82) is 0 Å². The van der Waals surface area contributed by atoms with Gasteiger partial charge in [-0.05, 0) is 19.2 Å². The third-order valence-corrected chi connectivity index (χ3v) is 5.03. The largest absolute Gasteiger partial charge is 0.422 e. The summed E-state index contributed by atoms with van der Waals surface area (Å²) in [5, 5.41) is 3.96. The number of likely N-dealkylation sites (N-methyl/N-ethyl adjacent to an activating group) is 1. The summed E-state index contributed by atoms with van der Waals surface area (Å²) in [6.45, 7) is 1.79. The van der Waals surface area contributed by atoms with E-state index in [2.05, 4.69) is 22.2 Å². The van der Waals surface area contributed by atoms with E-state index in [0.29, 0.717) is 16.1 Å². The van der Waals surface area contributed by atoms with E-state index in [1.165, 1.54) is 11.3 Å². The van der Waals surface area contributed by atoms with Gasteiger partial charge in [-0.2, -0.15) is 0 Å². The summed E-state index contributed by atoms with van der Waals surface area (Å²) in [5.41, 5.74) is 0.831. The highest BCUT2D eigenvalue weighted by atomic mass is 32.1. The Morgan fingerprint density at radius 3 is 3.08 bits per heavy atom. The number of thiazole rings is 1. The fourth-order valence-electron chi connectivity index (χ4n) is 2.76. The highest BCUT2D eigenvalue weighted by molar-refractivity contribution is 7.15. The van der Waals surface area contributed by atoms with Crippen molar-refractivity contribution in [2.45, 2.75) is 13.0 Å². The Morgan fingerprint density at radius 2 is 2.21 bits per heavy atom. The van der Waals surface area contributed by atoms with Crippen molar-refractivity contribution >= 4 is 33.3 Å². The molecule has 6 nitrogen and oxygen atoms in total. The number of hydrogen-bond donors (Lipinski definition) is 1. The van der Waals surface area contributed by atoms with Gasteiger partial charge in [0, 0.05) is 29.8 Å². The zero-order valence-corrected chi connectivity index (χ0v) is 13.9. The van der Waals surface area contributed by atoms with E-state index in [-0.39, 0.29) is 5.56 Å². The number of fused-ring (bicyclic) bond motifs is 2. The number of nitrogens with one attached hydrogen (secondary N) is 1. The molecule has 3 heterocycles. The Bertz CT molecular complexity index is 992. The van der Waals surface area contributed by atoms with Gasteiger partial charge >= 0.3 is 5.63 Å². The van der Waals surface area contributed by atoms with Gasteiger partial charge in [0.1, 0.15) is 11.1 Å². The highest BCUT2D eigenvalue weighted by Crippen LogP contribution is 2.28. The predicted octanol–water partition coefficient (Wildman–Crippen LogP) is 2.49. The van der Waals surface area contributed by atoms with Crippen LogP contribution in [0.4, 0.5) is 5.13 Å². The summed E-state index contributed by atoms with van der Waals surface area (Å²) in [6, 6.07) is 8.66. The molecule has 0 spiro atoms. The third-order valence-electron chi connectivity index (χ3n) is 4.03. The van der Waals surface area contributed by atoms with Crippen LogP contribution in [0.15, 0.2) is 39.5 Å². The van der Waals surface area contributed by atoms with Gasteiger partial charge in [0.2, 0.25) is 0 Å². The minimum absolute atomic E-state index is 0.0148. The molecule has 0 unspecified atom stereocenters. The second-order valence-electron chi connectivity index (χ2n) is 5.82. The molecule has 24 heavy (non-hydrogen) atoms. The molecule has 0 saturated heterocycles. The van der Waals surface area contributed by atoms with Crippen LogP contribution in [0.1, 0.15) is 20.9 Å². The van der Waals surface area contributed by atoms with E-state index in [0.717, 1.165) is 30.1 Å². The monoisotopic (exact) mass is 341 g/mol. The molecular formula is C17H15N3O3S. The van der Waals surface area contributed by atoms with Gasteiger partial charge in [-0.25, -0.2) is 9.78 Å². The molecule has 0 bridgehead atoms. The van der Waals surface area contributed by atoms with Crippen molar-refractivity contribution in [3.63, 3.8) is 0 Å². The van der Waals surface area contributed by atoms with Crippen molar-refractivity contribution in [2.75, 3.05) is 18.9 Å². The van der Waals surface area contributed by atoms with Gasteiger partial charge < -0.3 is 9.32 Å². The quantitative estimate of drug-likeness (QED) is 0.725. The zero-order valence-electron chi connectivity index (χ0n) is 13.0. The van der Waals surface area contributed by atoms with Gasteiger partial charge in [-0.3, -0.25) is 10.1 Å². The maximum atomic E-state index is 12.4. The number of para-hydroxylation sites is 1. The first kappa shape index (κ1) is 15.0. The summed E-state index contributed by atoms with van der Waals surface area (Å²) in [5.74, 6) is -0.492. The maximum Gasteiger partial charge on any atom is 0.349 e. The SMILES string of the molecule is CN1CCc2nc(NC(=O)c3cc4ccccc4oc3=O)sc2C1. The van der Waals surface area contributed by atoms with Crippen LogP contribution >= 0.6 is 11.3 Å². The molecule has 0 fully saturated rings. The number of carbonyl (C=O) groups is 1. The lowest BCUT2D eigenvalue weighted by Gasteiger charge is -2.20. The molecule has 4 rings (SSSR count). The van der Waals surface area contributed by atoms with E-state index in [4.69, 9.17) is 4.42 Å². The lowest BCUT2D eigenvalue weighted by molar-refractivity contribution is 0.102. The van der Waals surface area contributed by atoms with Crippen molar-refractivity contribution in [1.82, 2.24) is 9.88 Å². The predicted molar refractivity (Wildman–Crippen MR) is 92.6 cm³/mol. The summed E-state index contributed by atoms with van der Waals surface area (Å²) in [4.78, 5) is 32.3. The number of hydrogen-bond acceptors (Lipinski definition) is 6. The lowest BCUT2D eigenvalue weighted by atomic mass is 10.2. The van der Waals surface area contributed by atoms with E-state index < -0.39 is 11.5 Å². The molecular weight excluding hydrogens is 326 g/mol. The second-order valence-corrected chi connectivity index (χ2v) is 6.90. The lowest BCUT2D eigenvalue weighted by Crippen LogP contribution is -2.25. The molecule has 3 aromatic rings. The number of amides is 1. The standard InChI is InChI=1S/C17H15N3O3S/c1-20-7-6-12-14(9-20)24-17(18-12)19-15(21)11-8-10-4-2-3-5-13(10)23-16(11)22/h2-5,8H,6-7,9H2,1H3,(H,18,19,21). The van der Waals surface area contributed by atoms with E-state index in [1.807, 2.05) is 6.07 Å². The average Bonchev–Trinajstić information content (AvgIpc) is 2.95. The minimum Gasteiger partial charge on any atom is -0.422 e. The van der Waals surface area contributed by atoms with Crippen molar-refractivity contribution in [2.24, 2.45) is 0 Å². The van der Waals surface area contributed by atoms with E-state index in [9.17, 15) is 9.59 Å². The number of carbonyl (C=O) groups excluding carboxylic acids is 1. The first-order valence-electron chi connectivity index (χ1n) is 7.61. The van der Waals surface area contributed by atoms with Crippen molar-refractivity contribution in [3.8, 4) is 0 Å².